The average molecular weight is 524 g/mol. The fraction of sp³-hybridized carbons (Fsp3) is 0.385. The fourth-order valence-corrected chi connectivity index (χ4v) is 5.91. The number of pyridine rings is 1. The number of rotatable bonds is 5. The molecule has 37 heavy (non-hydrogen) atoms. The average Bonchev–Trinajstić information content (AvgIpc) is 3.66. The Balaban J connectivity index is 1.12. The summed E-state index contributed by atoms with van der Waals surface area (Å²) < 4.78 is 32.5. The molecule has 2 N–H and O–H groups in total. The zero-order valence-electron chi connectivity index (χ0n) is 19.6. The topological polar surface area (TPSA) is 115 Å². The van der Waals surface area contributed by atoms with Crippen molar-refractivity contribution in [2.45, 2.75) is 49.6 Å². The lowest BCUT2D eigenvalue weighted by molar-refractivity contribution is 0.00706. The highest BCUT2D eigenvalue weighted by Crippen LogP contribution is 2.40. The molecule has 2 fully saturated rings. The summed E-state index contributed by atoms with van der Waals surface area (Å²) in [7, 11) is 0. The Morgan fingerprint density at radius 3 is 2.78 bits per heavy atom. The van der Waals surface area contributed by atoms with E-state index in [0.717, 1.165) is 35.1 Å². The molecular weight excluding hydrogens is 501 g/mol. The molecule has 0 saturated carbocycles. The second-order valence-corrected chi connectivity index (χ2v) is 10.2. The minimum Gasteiger partial charge on any atom is -0.456 e. The predicted octanol–water partition coefficient (Wildman–Crippen LogP) is 3.39. The van der Waals surface area contributed by atoms with Crippen molar-refractivity contribution < 1.29 is 23.7 Å². The monoisotopic (exact) mass is 523 g/mol. The van der Waals surface area contributed by atoms with Crippen LogP contribution in [0.25, 0.3) is 22.3 Å². The van der Waals surface area contributed by atoms with Gasteiger partial charge in [-0.3, -0.25) is 0 Å². The number of nitrogens with zero attached hydrogens (tertiary/aromatic N) is 4. The summed E-state index contributed by atoms with van der Waals surface area (Å²) in [5, 5.41) is 10.4. The number of hydrogen-bond acceptors (Lipinski definition) is 8. The fourth-order valence-electron chi connectivity index (χ4n) is 5.69. The number of aryl methyl sites for hydroxylation is 1. The van der Waals surface area contributed by atoms with Crippen LogP contribution >= 0.6 is 11.6 Å². The third-order valence-corrected chi connectivity index (χ3v) is 7.77. The summed E-state index contributed by atoms with van der Waals surface area (Å²) >= 11 is 6.60. The molecule has 2 saturated heterocycles. The molecule has 190 valence electrons. The Morgan fingerprint density at radius 2 is 1.92 bits per heavy atom. The van der Waals surface area contributed by atoms with Gasteiger partial charge in [0.2, 0.25) is 0 Å². The first-order chi connectivity index (χ1) is 18.0. The Labute approximate surface area is 216 Å². The molecule has 1 aromatic carbocycles. The van der Waals surface area contributed by atoms with Crippen molar-refractivity contribution in [1.29, 1.82) is 0 Å². The minimum atomic E-state index is -0.651. The number of ether oxygens (including phenoxy) is 3. The highest BCUT2D eigenvalue weighted by atomic mass is 35.5. The molecule has 2 aliphatic heterocycles. The molecule has 3 aliphatic rings. The van der Waals surface area contributed by atoms with Gasteiger partial charge < -0.3 is 24.3 Å². The number of nitrogens with one attached hydrogen (secondary N) is 1. The summed E-state index contributed by atoms with van der Waals surface area (Å²) in [6, 6.07) is 5.63. The number of halogens is 2. The number of fused-ring (bicyclic) bond motifs is 3. The molecule has 7 rings (SSSR count). The van der Waals surface area contributed by atoms with Gasteiger partial charge >= 0.3 is 0 Å². The number of benzene rings is 1. The Morgan fingerprint density at radius 1 is 1.08 bits per heavy atom. The van der Waals surface area contributed by atoms with Crippen molar-refractivity contribution >= 4 is 22.8 Å². The number of aromatic nitrogens is 5. The Hall–Kier alpha value is -3.18. The maximum absolute atomic E-state index is 15.3. The summed E-state index contributed by atoms with van der Waals surface area (Å²) in [6.45, 7) is 0.525. The van der Waals surface area contributed by atoms with Gasteiger partial charge in [-0.1, -0.05) is 17.7 Å². The van der Waals surface area contributed by atoms with Gasteiger partial charge in [0.25, 0.3) is 6.01 Å². The number of aromatic amines is 1. The van der Waals surface area contributed by atoms with Crippen LogP contribution in [0.3, 0.4) is 0 Å². The maximum Gasteiger partial charge on any atom is 0.296 e. The third-order valence-electron chi connectivity index (χ3n) is 7.44. The molecule has 0 bridgehead atoms. The van der Waals surface area contributed by atoms with Gasteiger partial charge in [0.05, 0.1) is 29.4 Å². The van der Waals surface area contributed by atoms with E-state index in [9.17, 15) is 5.11 Å². The summed E-state index contributed by atoms with van der Waals surface area (Å²) in [4.78, 5) is 20.3. The second-order valence-electron chi connectivity index (χ2n) is 9.75. The van der Waals surface area contributed by atoms with Crippen LogP contribution in [0.15, 0.2) is 36.9 Å². The number of aliphatic hydroxyl groups excluding tert-OH is 1. The Kier molecular flexibility index (Phi) is 5.58. The molecule has 9 nitrogen and oxygen atoms in total. The van der Waals surface area contributed by atoms with Crippen LogP contribution in [-0.4, -0.2) is 67.7 Å². The lowest BCUT2D eigenvalue weighted by atomic mass is 9.93. The molecule has 1 aliphatic carbocycles. The highest BCUT2D eigenvalue weighted by Gasteiger charge is 2.48. The number of H-pyrrole nitrogens is 1. The summed E-state index contributed by atoms with van der Waals surface area (Å²) in [6.07, 6.45) is 5.14. The molecule has 3 aromatic heterocycles. The highest BCUT2D eigenvalue weighted by molar-refractivity contribution is 6.31. The van der Waals surface area contributed by atoms with Crippen molar-refractivity contribution in [3.05, 3.63) is 64.6 Å². The van der Waals surface area contributed by atoms with Gasteiger partial charge in [-0.15, -0.1) is 0 Å². The van der Waals surface area contributed by atoms with Crippen molar-refractivity contribution in [2.75, 3.05) is 13.2 Å². The van der Waals surface area contributed by atoms with E-state index in [-0.39, 0.29) is 42.7 Å². The molecule has 11 heteroatoms. The number of imidazole rings is 1. The smallest absolute Gasteiger partial charge is 0.296 e. The van der Waals surface area contributed by atoms with Crippen LogP contribution < -0.4 is 4.74 Å². The first-order valence-corrected chi connectivity index (χ1v) is 12.6. The molecule has 4 aromatic rings. The molecule has 5 atom stereocenters. The Bertz CT molecular complexity index is 1490. The van der Waals surface area contributed by atoms with Crippen LogP contribution in [0.1, 0.15) is 29.2 Å². The van der Waals surface area contributed by atoms with E-state index in [1.807, 2.05) is 6.07 Å². The van der Waals surface area contributed by atoms with Crippen molar-refractivity contribution in [1.82, 2.24) is 24.9 Å². The van der Waals surface area contributed by atoms with Gasteiger partial charge in [-0.05, 0) is 54.0 Å². The molecule has 5 heterocycles. The maximum atomic E-state index is 15.3. The summed E-state index contributed by atoms with van der Waals surface area (Å²) in [5.74, 6) is -0.269. The standard InChI is InChI=1S/C26H23ClFN5O4/c27-16-6-19-25(33-26(32-19)37-21-10-36-23-20(34)9-35-24(21)23)31-18(16)5-13-2-1-12-3-14(4-17(28)22(12)13)15-7-29-11-30-8-15/h3-4,6-8,11,13,20-21,23-24,34H,1-2,5,9-10H2,(H,31,32,33)/t13-,20-,21-,23-,24-/m1/s1. The largest absolute Gasteiger partial charge is 0.456 e. The van der Waals surface area contributed by atoms with Crippen LogP contribution in [-0.2, 0) is 22.3 Å². The van der Waals surface area contributed by atoms with E-state index in [1.165, 1.54) is 6.33 Å². The van der Waals surface area contributed by atoms with Crippen LogP contribution in [0.4, 0.5) is 4.39 Å². The normalized spacial score (nSPS) is 26.5. The zero-order chi connectivity index (χ0) is 25.1. The quantitative estimate of drug-likeness (QED) is 0.409. The van der Waals surface area contributed by atoms with Gasteiger partial charge in [0, 0.05) is 18.0 Å². The number of aliphatic hydroxyl groups is 1. The van der Waals surface area contributed by atoms with Crippen LogP contribution in [0, 0.1) is 5.82 Å². The van der Waals surface area contributed by atoms with E-state index in [4.69, 9.17) is 25.8 Å². The number of hydrogen-bond donors (Lipinski definition) is 2. The molecule has 0 amide bonds. The van der Waals surface area contributed by atoms with Gasteiger partial charge in [0.15, 0.2) is 11.8 Å². The molecular formula is C26H23ClFN5O4. The van der Waals surface area contributed by atoms with Gasteiger partial charge in [-0.2, -0.15) is 4.98 Å². The predicted molar refractivity (Wildman–Crippen MR) is 131 cm³/mol. The second kappa shape index (κ2) is 8.98. The zero-order valence-corrected chi connectivity index (χ0v) is 20.4. The lowest BCUT2D eigenvalue weighted by Crippen LogP contribution is -2.34. The first kappa shape index (κ1) is 23.0. The molecule has 0 radical (unpaired) electrons. The van der Waals surface area contributed by atoms with Gasteiger partial charge in [0.1, 0.15) is 30.5 Å². The van der Waals surface area contributed by atoms with E-state index in [0.29, 0.717) is 34.9 Å². The van der Waals surface area contributed by atoms with Crippen LogP contribution in [0.5, 0.6) is 6.01 Å². The SMILES string of the molecule is O[C@@H]1CO[C@H]2[C@@H]1OC[C@H]2Oc1nc2nc(C[C@H]3CCc4cc(-c5cncnc5)cc(F)c43)c(Cl)cc2[nH]1. The van der Waals surface area contributed by atoms with Crippen LogP contribution in [0.2, 0.25) is 5.02 Å². The summed E-state index contributed by atoms with van der Waals surface area (Å²) in [5.41, 5.74) is 5.04. The van der Waals surface area contributed by atoms with E-state index in [1.54, 1.807) is 24.5 Å². The van der Waals surface area contributed by atoms with Gasteiger partial charge in [-0.25, -0.2) is 19.3 Å². The van der Waals surface area contributed by atoms with Crippen molar-refractivity contribution in [2.24, 2.45) is 0 Å². The van der Waals surface area contributed by atoms with E-state index < -0.39 is 6.10 Å². The minimum absolute atomic E-state index is 0.0355. The lowest BCUT2D eigenvalue weighted by Gasteiger charge is -2.15. The van der Waals surface area contributed by atoms with E-state index >= 15 is 4.39 Å². The van der Waals surface area contributed by atoms with E-state index in [2.05, 4.69) is 24.9 Å². The first-order valence-electron chi connectivity index (χ1n) is 12.2. The molecule has 0 unspecified atom stereocenters. The van der Waals surface area contributed by atoms with Crippen molar-refractivity contribution in [3.8, 4) is 17.1 Å². The third kappa shape index (κ3) is 4.04. The molecule has 0 spiro atoms. The van der Waals surface area contributed by atoms with Crippen molar-refractivity contribution in [3.63, 3.8) is 0 Å².